The standard InChI is InChI=1S/C13H18O2/c1-10-4-5-12(14-3)11(8-10)9-13(2)6-7-15-13/h4-5,8H,6-7,9H2,1-3H3. The summed E-state index contributed by atoms with van der Waals surface area (Å²) in [5, 5.41) is 0. The fourth-order valence-corrected chi connectivity index (χ4v) is 2.04. The molecule has 1 fully saturated rings. The smallest absolute Gasteiger partial charge is 0.122 e. The van der Waals surface area contributed by atoms with E-state index in [1.54, 1.807) is 7.11 Å². The molecule has 2 rings (SSSR count). The summed E-state index contributed by atoms with van der Waals surface area (Å²) in [7, 11) is 1.72. The normalized spacial score (nSPS) is 24.7. The molecule has 1 aromatic rings. The van der Waals surface area contributed by atoms with Gasteiger partial charge in [0.2, 0.25) is 0 Å². The van der Waals surface area contributed by atoms with Crippen LogP contribution in [-0.2, 0) is 11.2 Å². The molecule has 15 heavy (non-hydrogen) atoms. The summed E-state index contributed by atoms with van der Waals surface area (Å²) < 4.78 is 11.0. The van der Waals surface area contributed by atoms with Gasteiger partial charge < -0.3 is 9.47 Å². The first-order chi connectivity index (χ1) is 7.13. The Morgan fingerprint density at radius 1 is 1.47 bits per heavy atom. The minimum Gasteiger partial charge on any atom is -0.496 e. The van der Waals surface area contributed by atoms with Crippen molar-refractivity contribution in [2.24, 2.45) is 0 Å². The summed E-state index contributed by atoms with van der Waals surface area (Å²) >= 11 is 0. The van der Waals surface area contributed by atoms with E-state index >= 15 is 0 Å². The SMILES string of the molecule is COc1ccc(C)cc1CC1(C)CCO1. The summed E-state index contributed by atoms with van der Waals surface area (Å²) in [6.45, 7) is 5.16. The summed E-state index contributed by atoms with van der Waals surface area (Å²) in [6.07, 6.45) is 2.09. The lowest BCUT2D eigenvalue weighted by Gasteiger charge is -2.39. The Morgan fingerprint density at radius 3 is 2.73 bits per heavy atom. The third kappa shape index (κ3) is 2.15. The number of rotatable bonds is 3. The molecule has 0 aromatic heterocycles. The Bertz CT molecular complexity index is 354. The van der Waals surface area contributed by atoms with Crippen LogP contribution in [-0.4, -0.2) is 19.3 Å². The summed E-state index contributed by atoms with van der Waals surface area (Å²) in [5.74, 6) is 0.970. The van der Waals surface area contributed by atoms with E-state index in [0.717, 1.165) is 25.2 Å². The quantitative estimate of drug-likeness (QED) is 0.757. The lowest BCUT2D eigenvalue weighted by molar-refractivity contribution is -0.133. The van der Waals surface area contributed by atoms with Gasteiger partial charge in [0.25, 0.3) is 0 Å². The maximum atomic E-state index is 5.61. The second-order valence-electron chi connectivity index (χ2n) is 4.54. The van der Waals surface area contributed by atoms with Crippen LogP contribution in [0.5, 0.6) is 5.75 Å². The highest BCUT2D eigenvalue weighted by Crippen LogP contribution is 2.33. The molecular formula is C13H18O2. The fourth-order valence-electron chi connectivity index (χ4n) is 2.04. The molecule has 0 bridgehead atoms. The van der Waals surface area contributed by atoms with Crippen molar-refractivity contribution < 1.29 is 9.47 Å². The molecule has 0 N–H and O–H groups in total. The van der Waals surface area contributed by atoms with Gasteiger partial charge in [-0.25, -0.2) is 0 Å². The molecule has 2 nitrogen and oxygen atoms in total. The highest BCUT2D eigenvalue weighted by Gasteiger charge is 2.33. The van der Waals surface area contributed by atoms with Crippen LogP contribution in [0.2, 0.25) is 0 Å². The van der Waals surface area contributed by atoms with E-state index in [-0.39, 0.29) is 5.60 Å². The Morgan fingerprint density at radius 2 is 2.20 bits per heavy atom. The molecule has 0 amide bonds. The number of benzene rings is 1. The fraction of sp³-hybridized carbons (Fsp3) is 0.538. The maximum Gasteiger partial charge on any atom is 0.122 e. The zero-order valence-electron chi connectivity index (χ0n) is 9.67. The minimum absolute atomic E-state index is 0.0288. The Balaban J connectivity index is 2.21. The topological polar surface area (TPSA) is 18.5 Å². The van der Waals surface area contributed by atoms with Crippen molar-refractivity contribution >= 4 is 0 Å². The Labute approximate surface area is 91.2 Å². The predicted molar refractivity (Wildman–Crippen MR) is 60.4 cm³/mol. The van der Waals surface area contributed by atoms with E-state index in [2.05, 4.69) is 26.0 Å². The van der Waals surface area contributed by atoms with Gasteiger partial charge in [0.1, 0.15) is 5.75 Å². The van der Waals surface area contributed by atoms with Gasteiger partial charge in [0, 0.05) is 6.42 Å². The second-order valence-corrected chi connectivity index (χ2v) is 4.54. The zero-order valence-corrected chi connectivity index (χ0v) is 9.67. The summed E-state index contributed by atoms with van der Waals surface area (Å²) in [4.78, 5) is 0. The van der Waals surface area contributed by atoms with E-state index in [0.29, 0.717) is 0 Å². The van der Waals surface area contributed by atoms with Crippen molar-refractivity contribution in [2.75, 3.05) is 13.7 Å². The molecular weight excluding hydrogens is 188 g/mol. The summed E-state index contributed by atoms with van der Waals surface area (Å²) in [5.41, 5.74) is 2.55. The molecule has 0 radical (unpaired) electrons. The molecule has 82 valence electrons. The first-order valence-corrected chi connectivity index (χ1v) is 5.40. The number of ether oxygens (including phenoxy) is 2. The first-order valence-electron chi connectivity index (χ1n) is 5.40. The monoisotopic (exact) mass is 206 g/mol. The van der Waals surface area contributed by atoms with Gasteiger partial charge in [-0.05, 0) is 31.9 Å². The van der Waals surface area contributed by atoms with Crippen LogP contribution in [0.25, 0.3) is 0 Å². The van der Waals surface area contributed by atoms with E-state index in [1.165, 1.54) is 11.1 Å². The molecule has 1 aliphatic rings. The van der Waals surface area contributed by atoms with Gasteiger partial charge in [-0.2, -0.15) is 0 Å². The van der Waals surface area contributed by atoms with Crippen LogP contribution < -0.4 is 4.74 Å². The summed E-state index contributed by atoms with van der Waals surface area (Å²) in [6, 6.07) is 6.30. The number of hydrogen-bond acceptors (Lipinski definition) is 2. The van der Waals surface area contributed by atoms with Crippen molar-refractivity contribution in [1.82, 2.24) is 0 Å². The Kier molecular flexibility index (Phi) is 2.70. The Hall–Kier alpha value is -1.02. The highest BCUT2D eigenvalue weighted by molar-refractivity contribution is 5.38. The number of methoxy groups -OCH3 is 1. The van der Waals surface area contributed by atoms with E-state index in [1.807, 2.05) is 6.07 Å². The number of aryl methyl sites for hydroxylation is 1. The lowest BCUT2D eigenvalue weighted by atomic mass is 9.88. The number of hydrogen-bond donors (Lipinski definition) is 0. The lowest BCUT2D eigenvalue weighted by Crippen LogP contribution is -2.42. The first kappa shape index (κ1) is 10.5. The van der Waals surface area contributed by atoms with Crippen molar-refractivity contribution in [3.05, 3.63) is 29.3 Å². The van der Waals surface area contributed by atoms with Gasteiger partial charge >= 0.3 is 0 Å². The van der Waals surface area contributed by atoms with Crippen molar-refractivity contribution in [3.8, 4) is 5.75 Å². The predicted octanol–water partition coefficient (Wildman–Crippen LogP) is 2.73. The molecule has 1 aliphatic heterocycles. The van der Waals surface area contributed by atoms with Crippen LogP contribution in [0.4, 0.5) is 0 Å². The van der Waals surface area contributed by atoms with E-state index < -0.39 is 0 Å². The van der Waals surface area contributed by atoms with Crippen LogP contribution in [0.1, 0.15) is 24.5 Å². The molecule has 1 saturated heterocycles. The van der Waals surface area contributed by atoms with E-state index in [4.69, 9.17) is 9.47 Å². The van der Waals surface area contributed by atoms with Crippen molar-refractivity contribution in [2.45, 2.75) is 32.3 Å². The molecule has 1 atom stereocenters. The minimum atomic E-state index is 0.0288. The van der Waals surface area contributed by atoms with Crippen LogP contribution in [0.3, 0.4) is 0 Å². The van der Waals surface area contributed by atoms with Gasteiger partial charge in [-0.1, -0.05) is 17.7 Å². The molecule has 0 aliphatic carbocycles. The molecule has 1 heterocycles. The largest absolute Gasteiger partial charge is 0.496 e. The molecule has 1 aromatic carbocycles. The van der Waals surface area contributed by atoms with Gasteiger partial charge in [0.15, 0.2) is 0 Å². The third-order valence-corrected chi connectivity index (χ3v) is 3.08. The van der Waals surface area contributed by atoms with Crippen LogP contribution in [0.15, 0.2) is 18.2 Å². The molecule has 0 saturated carbocycles. The van der Waals surface area contributed by atoms with Crippen LogP contribution in [0, 0.1) is 6.92 Å². The van der Waals surface area contributed by atoms with Crippen molar-refractivity contribution in [1.29, 1.82) is 0 Å². The third-order valence-electron chi connectivity index (χ3n) is 3.08. The molecule has 2 heteroatoms. The zero-order chi connectivity index (χ0) is 10.9. The molecule has 1 unspecified atom stereocenters. The highest BCUT2D eigenvalue weighted by atomic mass is 16.5. The average molecular weight is 206 g/mol. The van der Waals surface area contributed by atoms with Gasteiger partial charge in [-0.15, -0.1) is 0 Å². The van der Waals surface area contributed by atoms with Gasteiger partial charge in [-0.3, -0.25) is 0 Å². The second kappa shape index (κ2) is 3.86. The maximum absolute atomic E-state index is 5.61. The van der Waals surface area contributed by atoms with Crippen molar-refractivity contribution in [3.63, 3.8) is 0 Å². The van der Waals surface area contributed by atoms with Crippen LogP contribution >= 0.6 is 0 Å². The average Bonchev–Trinajstić information content (AvgIpc) is 2.16. The molecule has 0 spiro atoms. The van der Waals surface area contributed by atoms with E-state index in [9.17, 15) is 0 Å². The van der Waals surface area contributed by atoms with Gasteiger partial charge in [0.05, 0.1) is 19.3 Å².